The summed E-state index contributed by atoms with van der Waals surface area (Å²) in [6.45, 7) is 3.58. The van der Waals surface area contributed by atoms with Crippen molar-refractivity contribution in [1.82, 2.24) is 0 Å². The molecular formula is C8H16O5. The molecule has 3 N–H and O–H groups in total. The van der Waals surface area contributed by atoms with Crippen molar-refractivity contribution in [2.45, 2.75) is 44.6 Å². The third-order valence-corrected chi connectivity index (χ3v) is 1.86. The fourth-order valence-corrected chi connectivity index (χ4v) is 1.17. The lowest BCUT2D eigenvalue weighted by atomic mass is 10.1. The molecule has 2 unspecified atom stereocenters. The first-order valence-corrected chi connectivity index (χ1v) is 4.33. The van der Waals surface area contributed by atoms with Crippen molar-refractivity contribution in [3.05, 3.63) is 0 Å². The summed E-state index contributed by atoms with van der Waals surface area (Å²) in [6.07, 6.45) is -4.37. The Balaban J connectivity index is 2.48. The van der Waals surface area contributed by atoms with E-state index in [4.69, 9.17) is 14.6 Å². The second-order valence-corrected chi connectivity index (χ2v) is 3.44. The lowest BCUT2D eigenvalue weighted by Crippen LogP contribution is -2.54. The van der Waals surface area contributed by atoms with Gasteiger partial charge >= 0.3 is 0 Å². The predicted molar refractivity (Wildman–Crippen MR) is 44.0 cm³/mol. The van der Waals surface area contributed by atoms with E-state index in [-0.39, 0.29) is 12.7 Å². The van der Waals surface area contributed by atoms with Crippen LogP contribution in [-0.2, 0) is 9.47 Å². The summed E-state index contributed by atoms with van der Waals surface area (Å²) in [7, 11) is 0. The molecule has 1 aliphatic heterocycles. The normalized spacial score (nSPS) is 41.1. The molecule has 0 spiro atoms. The van der Waals surface area contributed by atoms with Gasteiger partial charge in [0.15, 0.2) is 6.29 Å². The summed E-state index contributed by atoms with van der Waals surface area (Å²) >= 11 is 0. The van der Waals surface area contributed by atoms with Gasteiger partial charge in [0.05, 0.1) is 12.7 Å². The second-order valence-electron chi connectivity index (χ2n) is 3.44. The van der Waals surface area contributed by atoms with Crippen LogP contribution in [-0.4, -0.2) is 52.6 Å². The number of hydrogen-bond acceptors (Lipinski definition) is 5. The van der Waals surface area contributed by atoms with E-state index in [0.29, 0.717) is 0 Å². The van der Waals surface area contributed by atoms with Crippen LogP contribution >= 0.6 is 0 Å². The number of hydrogen-bond donors (Lipinski definition) is 3. The molecule has 1 saturated heterocycles. The summed E-state index contributed by atoms with van der Waals surface area (Å²) in [5.74, 6) is 0. The maximum atomic E-state index is 9.40. The molecule has 0 bridgehead atoms. The van der Waals surface area contributed by atoms with Gasteiger partial charge in [0.25, 0.3) is 0 Å². The van der Waals surface area contributed by atoms with E-state index in [1.54, 1.807) is 13.8 Å². The van der Waals surface area contributed by atoms with Gasteiger partial charge in [-0.15, -0.1) is 0 Å². The van der Waals surface area contributed by atoms with Gasteiger partial charge < -0.3 is 24.8 Å². The molecule has 0 aromatic rings. The summed E-state index contributed by atoms with van der Waals surface area (Å²) in [5.41, 5.74) is 0. The highest BCUT2D eigenvalue weighted by Gasteiger charge is 2.38. The summed E-state index contributed by atoms with van der Waals surface area (Å²) in [6, 6.07) is 0. The third kappa shape index (κ3) is 2.62. The van der Waals surface area contributed by atoms with Crippen LogP contribution in [0.25, 0.3) is 0 Å². The minimum absolute atomic E-state index is 0.0182. The van der Waals surface area contributed by atoms with Crippen molar-refractivity contribution in [1.29, 1.82) is 0 Å². The smallest absolute Gasteiger partial charge is 0.186 e. The van der Waals surface area contributed by atoms with Crippen molar-refractivity contribution in [3.63, 3.8) is 0 Å². The van der Waals surface area contributed by atoms with Crippen LogP contribution in [0.1, 0.15) is 13.8 Å². The van der Waals surface area contributed by atoms with E-state index >= 15 is 0 Å². The molecule has 0 aromatic carbocycles. The lowest BCUT2D eigenvalue weighted by Gasteiger charge is -2.35. The van der Waals surface area contributed by atoms with Gasteiger partial charge in [-0.1, -0.05) is 0 Å². The second kappa shape index (κ2) is 4.34. The molecule has 78 valence electrons. The van der Waals surface area contributed by atoms with Gasteiger partial charge in [0.2, 0.25) is 0 Å². The highest BCUT2D eigenvalue weighted by atomic mass is 16.7. The fourth-order valence-electron chi connectivity index (χ4n) is 1.17. The molecule has 0 amide bonds. The summed E-state index contributed by atoms with van der Waals surface area (Å²) in [4.78, 5) is 0. The van der Waals surface area contributed by atoms with Gasteiger partial charge in [-0.2, -0.15) is 0 Å². The largest absolute Gasteiger partial charge is 0.388 e. The van der Waals surface area contributed by atoms with Crippen molar-refractivity contribution < 1.29 is 24.8 Å². The van der Waals surface area contributed by atoms with Crippen LogP contribution < -0.4 is 0 Å². The van der Waals surface area contributed by atoms with Crippen LogP contribution in [0.5, 0.6) is 0 Å². The molecule has 0 aromatic heterocycles. The molecule has 0 saturated carbocycles. The van der Waals surface area contributed by atoms with Crippen LogP contribution in [0.4, 0.5) is 0 Å². The molecule has 0 aliphatic carbocycles. The quantitative estimate of drug-likeness (QED) is 0.515. The number of aliphatic hydroxyl groups is 3. The first-order valence-electron chi connectivity index (χ1n) is 4.33. The van der Waals surface area contributed by atoms with Crippen molar-refractivity contribution in [2.75, 3.05) is 6.61 Å². The van der Waals surface area contributed by atoms with Gasteiger partial charge in [-0.25, -0.2) is 0 Å². The number of ether oxygens (including phenoxy) is 2. The SMILES string of the molecule is CC(C)OC1OC[C@H](O)[C@H](O)C1O. The summed E-state index contributed by atoms with van der Waals surface area (Å²) in [5, 5.41) is 27.8. The Kier molecular flexibility index (Phi) is 3.63. The Morgan fingerprint density at radius 1 is 1.23 bits per heavy atom. The van der Waals surface area contributed by atoms with E-state index in [9.17, 15) is 10.2 Å². The molecular weight excluding hydrogens is 176 g/mol. The zero-order valence-corrected chi connectivity index (χ0v) is 7.75. The maximum Gasteiger partial charge on any atom is 0.186 e. The molecule has 1 heterocycles. The Morgan fingerprint density at radius 2 is 1.85 bits per heavy atom. The van der Waals surface area contributed by atoms with Crippen molar-refractivity contribution in [3.8, 4) is 0 Å². The Morgan fingerprint density at radius 3 is 2.38 bits per heavy atom. The van der Waals surface area contributed by atoms with Crippen LogP contribution in [0.15, 0.2) is 0 Å². The monoisotopic (exact) mass is 192 g/mol. The van der Waals surface area contributed by atoms with E-state index in [1.165, 1.54) is 0 Å². The molecule has 0 radical (unpaired) electrons. The molecule has 13 heavy (non-hydrogen) atoms. The first-order chi connectivity index (χ1) is 6.02. The molecule has 1 fully saturated rings. The lowest BCUT2D eigenvalue weighted by molar-refractivity contribution is -0.278. The van der Waals surface area contributed by atoms with Gasteiger partial charge in [0.1, 0.15) is 18.3 Å². The van der Waals surface area contributed by atoms with E-state index in [0.717, 1.165) is 0 Å². The van der Waals surface area contributed by atoms with Crippen molar-refractivity contribution >= 4 is 0 Å². The predicted octanol–water partition coefficient (Wildman–Crippen LogP) is -1.15. The third-order valence-electron chi connectivity index (χ3n) is 1.86. The van der Waals surface area contributed by atoms with E-state index < -0.39 is 24.6 Å². The van der Waals surface area contributed by atoms with E-state index in [2.05, 4.69) is 0 Å². The Bertz CT molecular complexity index is 161. The van der Waals surface area contributed by atoms with Crippen LogP contribution in [0, 0.1) is 0 Å². The number of aliphatic hydroxyl groups excluding tert-OH is 3. The highest BCUT2D eigenvalue weighted by molar-refractivity contribution is 4.82. The molecule has 1 aliphatic rings. The molecule has 5 nitrogen and oxygen atoms in total. The molecule has 4 atom stereocenters. The van der Waals surface area contributed by atoms with Gasteiger partial charge in [0, 0.05) is 0 Å². The van der Waals surface area contributed by atoms with Crippen LogP contribution in [0.3, 0.4) is 0 Å². The highest BCUT2D eigenvalue weighted by Crippen LogP contribution is 2.17. The molecule has 1 rings (SSSR count). The zero-order chi connectivity index (χ0) is 10.0. The topological polar surface area (TPSA) is 79.2 Å². The Labute approximate surface area is 76.9 Å². The minimum atomic E-state index is -1.20. The van der Waals surface area contributed by atoms with Crippen molar-refractivity contribution in [2.24, 2.45) is 0 Å². The summed E-state index contributed by atoms with van der Waals surface area (Å²) < 4.78 is 10.2. The van der Waals surface area contributed by atoms with Gasteiger partial charge in [-0.3, -0.25) is 0 Å². The van der Waals surface area contributed by atoms with Gasteiger partial charge in [-0.05, 0) is 13.8 Å². The maximum absolute atomic E-state index is 9.40. The molecule has 5 heteroatoms. The first kappa shape index (κ1) is 10.9. The average Bonchev–Trinajstić information content (AvgIpc) is 2.06. The zero-order valence-electron chi connectivity index (χ0n) is 7.75. The van der Waals surface area contributed by atoms with Crippen LogP contribution in [0.2, 0.25) is 0 Å². The van der Waals surface area contributed by atoms with E-state index in [1.807, 2.05) is 0 Å². The fraction of sp³-hybridized carbons (Fsp3) is 1.00. The average molecular weight is 192 g/mol. The standard InChI is InChI=1S/C8H16O5/c1-4(2)13-8-7(11)6(10)5(9)3-12-8/h4-11H,3H2,1-2H3/t5-,6-,7?,8?/m0/s1. The number of rotatable bonds is 2. The minimum Gasteiger partial charge on any atom is -0.388 e. The Hall–Kier alpha value is -0.200.